The van der Waals surface area contributed by atoms with Crippen molar-refractivity contribution in [3.63, 3.8) is 0 Å². The van der Waals surface area contributed by atoms with Gasteiger partial charge in [0.05, 0.1) is 6.61 Å². The number of halogens is 1. The predicted octanol–water partition coefficient (Wildman–Crippen LogP) is 2.61. The van der Waals surface area contributed by atoms with Crippen LogP contribution in [0.5, 0.6) is 0 Å². The molecule has 0 aliphatic carbocycles. The Hall–Kier alpha value is 0.490. The highest BCUT2D eigenvalue weighted by Gasteiger charge is 2.58. The van der Waals surface area contributed by atoms with Crippen molar-refractivity contribution >= 4 is 22.6 Å². The lowest BCUT2D eigenvalue weighted by molar-refractivity contribution is -0.236. The maximum Gasteiger partial charge on any atom is 0.190 e. The van der Waals surface area contributed by atoms with Gasteiger partial charge >= 0.3 is 0 Å². The monoisotopic (exact) mass is 442 g/mol. The number of hydrogen-bond donors (Lipinski definition) is 0. The molecule has 0 spiro atoms. The summed E-state index contributed by atoms with van der Waals surface area (Å²) in [6.45, 7) is 8.81. The highest BCUT2D eigenvalue weighted by atomic mass is 127. The van der Waals surface area contributed by atoms with E-state index in [1.807, 2.05) is 27.7 Å². The largest absolute Gasteiger partial charge is 0.372 e. The van der Waals surface area contributed by atoms with Crippen LogP contribution in [0.2, 0.25) is 0 Å². The first-order valence-corrected chi connectivity index (χ1v) is 9.84. The topological polar surface area (TPSA) is 55.4 Å². The third kappa shape index (κ3) is 4.19. The molecule has 0 aromatic heterocycles. The van der Waals surface area contributed by atoms with E-state index in [1.165, 1.54) is 0 Å². The molecule has 3 saturated heterocycles. The molecular weight excluding hydrogens is 415 g/mol. The average Bonchev–Trinajstić information content (AvgIpc) is 3.05. The van der Waals surface area contributed by atoms with E-state index >= 15 is 0 Å². The summed E-state index contributed by atoms with van der Waals surface area (Å²) in [5.41, 5.74) is 0. The summed E-state index contributed by atoms with van der Waals surface area (Å²) in [6, 6.07) is 0. The van der Waals surface area contributed by atoms with Gasteiger partial charge in [-0.1, -0.05) is 22.6 Å². The lowest BCUT2D eigenvalue weighted by Gasteiger charge is -2.29. The van der Waals surface area contributed by atoms with Gasteiger partial charge in [0.2, 0.25) is 0 Å². The van der Waals surface area contributed by atoms with Crippen molar-refractivity contribution in [2.75, 3.05) is 17.6 Å². The minimum Gasteiger partial charge on any atom is -0.372 e. The van der Waals surface area contributed by atoms with Gasteiger partial charge in [-0.2, -0.15) is 0 Å². The molecule has 0 radical (unpaired) electrons. The fourth-order valence-corrected chi connectivity index (χ4v) is 3.83. The van der Waals surface area contributed by atoms with Crippen molar-refractivity contribution in [2.24, 2.45) is 0 Å². The van der Waals surface area contributed by atoms with Crippen LogP contribution in [0, 0.1) is 0 Å². The summed E-state index contributed by atoms with van der Waals surface area (Å²) in [6.07, 6.45) is 0.952. The number of hydrogen-bond acceptors (Lipinski definition) is 6. The molecule has 3 aliphatic rings. The van der Waals surface area contributed by atoms with Gasteiger partial charge in [-0.3, -0.25) is 0 Å². The third-order valence-corrected chi connectivity index (χ3v) is 5.02. The average molecular weight is 442 g/mol. The Labute approximate surface area is 151 Å². The van der Waals surface area contributed by atoms with Crippen LogP contribution < -0.4 is 0 Å². The zero-order valence-corrected chi connectivity index (χ0v) is 16.4. The van der Waals surface area contributed by atoms with Gasteiger partial charge in [-0.25, -0.2) is 0 Å². The second kappa shape index (κ2) is 7.01. The van der Waals surface area contributed by atoms with Crippen LogP contribution in [-0.4, -0.2) is 59.9 Å². The maximum atomic E-state index is 6.14. The van der Waals surface area contributed by atoms with Crippen LogP contribution >= 0.6 is 22.6 Å². The molecule has 23 heavy (non-hydrogen) atoms. The molecule has 0 N–H and O–H groups in total. The molecule has 3 rings (SSSR count). The molecule has 5 atom stereocenters. The van der Waals surface area contributed by atoms with Crippen LogP contribution in [0.3, 0.4) is 0 Å². The van der Waals surface area contributed by atoms with E-state index in [9.17, 15) is 0 Å². The smallest absolute Gasteiger partial charge is 0.190 e. The Balaban J connectivity index is 1.66. The standard InChI is InChI=1S/C16H27IO6/c1-15(2)19-9-10(21-15)11-12(18-8-6-5-7-17)13-14(20-11)23-16(3,4)22-13/h10-14H,5-9H2,1-4H3/t10-,11-,12+,13-,14-/m1/s1. The van der Waals surface area contributed by atoms with Crippen LogP contribution in [-0.2, 0) is 28.4 Å². The predicted molar refractivity (Wildman–Crippen MR) is 91.5 cm³/mol. The van der Waals surface area contributed by atoms with E-state index in [4.69, 9.17) is 28.4 Å². The van der Waals surface area contributed by atoms with Crippen LogP contribution in [0.25, 0.3) is 0 Å². The highest BCUT2D eigenvalue weighted by Crippen LogP contribution is 2.41. The highest BCUT2D eigenvalue weighted by molar-refractivity contribution is 14.1. The van der Waals surface area contributed by atoms with E-state index < -0.39 is 17.9 Å². The Morgan fingerprint density at radius 2 is 1.78 bits per heavy atom. The maximum absolute atomic E-state index is 6.14. The van der Waals surface area contributed by atoms with Gasteiger partial charge in [-0.15, -0.1) is 0 Å². The van der Waals surface area contributed by atoms with Gasteiger partial charge in [0, 0.05) is 6.61 Å². The van der Waals surface area contributed by atoms with Crippen molar-refractivity contribution in [1.29, 1.82) is 0 Å². The van der Waals surface area contributed by atoms with Crippen molar-refractivity contribution in [2.45, 2.75) is 82.8 Å². The zero-order valence-electron chi connectivity index (χ0n) is 14.2. The molecule has 6 nitrogen and oxygen atoms in total. The Morgan fingerprint density at radius 1 is 1.00 bits per heavy atom. The van der Waals surface area contributed by atoms with Crippen molar-refractivity contribution in [3.05, 3.63) is 0 Å². The van der Waals surface area contributed by atoms with Gasteiger partial charge in [0.1, 0.15) is 24.4 Å². The first-order chi connectivity index (χ1) is 10.8. The van der Waals surface area contributed by atoms with E-state index in [-0.39, 0.29) is 24.4 Å². The summed E-state index contributed by atoms with van der Waals surface area (Å²) in [7, 11) is 0. The molecular formula is C16H27IO6. The Morgan fingerprint density at radius 3 is 2.43 bits per heavy atom. The summed E-state index contributed by atoms with van der Waals surface area (Å²) < 4.78 is 36.9. The van der Waals surface area contributed by atoms with Crippen molar-refractivity contribution in [3.8, 4) is 0 Å². The zero-order chi connectivity index (χ0) is 16.7. The fraction of sp³-hybridized carbons (Fsp3) is 1.00. The summed E-state index contributed by atoms with van der Waals surface area (Å²) >= 11 is 2.38. The lowest BCUT2D eigenvalue weighted by Crippen LogP contribution is -2.44. The fourth-order valence-electron chi connectivity index (χ4n) is 3.29. The number of rotatable bonds is 6. The molecule has 0 amide bonds. The quantitative estimate of drug-likeness (QED) is 0.358. The van der Waals surface area contributed by atoms with E-state index in [0.29, 0.717) is 13.2 Å². The number of alkyl halides is 1. The second-order valence-corrected chi connectivity index (χ2v) is 8.25. The molecule has 0 unspecified atom stereocenters. The molecule has 134 valence electrons. The molecule has 0 aromatic carbocycles. The second-order valence-electron chi connectivity index (χ2n) is 7.17. The first kappa shape index (κ1) is 18.3. The van der Waals surface area contributed by atoms with Gasteiger partial charge < -0.3 is 28.4 Å². The van der Waals surface area contributed by atoms with Crippen LogP contribution in [0.15, 0.2) is 0 Å². The normalized spacial score (nSPS) is 41.3. The van der Waals surface area contributed by atoms with Crippen LogP contribution in [0.4, 0.5) is 0 Å². The first-order valence-electron chi connectivity index (χ1n) is 8.32. The molecule has 7 heteroatoms. The minimum absolute atomic E-state index is 0.166. The van der Waals surface area contributed by atoms with Crippen molar-refractivity contribution < 1.29 is 28.4 Å². The van der Waals surface area contributed by atoms with Crippen molar-refractivity contribution in [1.82, 2.24) is 0 Å². The lowest BCUT2D eigenvalue weighted by atomic mass is 10.1. The van der Waals surface area contributed by atoms with Crippen LogP contribution in [0.1, 0.15) is 40.5 Å². The van der Waals surface area contributed by atoms with E-state index in [0.717, 1.165) is 17.3 Å². The third-order valence-electron chi connectivity index (χ3n) is 4.26. The van der Waals surface area contributed by atoms with E-state index in [1.54, 1.807) is 0 Å². The summed E-state index contributed by atoms with van der Waals surface area (Å²) in [4.78, 5) is 0. The number of unbranched alkanes of at least 4 members (excludes halogenated alkanes) is 1. The molecule has 0 saturated carbocycles. The van der Waals surface area contributed by atoms with Gasteiger partial charge in [0.25, 0.3) is 0 Å². The summed E-state index contributed by atoms with van der Waals surface area (Å²) in [5, 5.41) is 0. The Kier molecular flexibility index (Phi) is 5.57. The number of ether oxygens (including phenoxy) is 6. The minimum atomic E-state index is -0.642. The molecule has 0 bridgehead atoms. The molecule has 3 heterocycles. The SMILES string of the molecule is CC1(C)O[C@H]2O[C@H]([C@H]3COC(C)(C)O3)[C@H](OCCCCI)[C@H]2O1. The van der Waals surface area contributed by atoms with Gasteiger partial charge in [-0.05, 0) is 45.0 Å². The molecule has 3 fully saturated rings. The summed E-state index contributed by atoms with van der Waals surface area (Å²) in [5.74, 6) is -1.23. The van der Waals surface area contributed by atoms with E-state index in [2.05, 4.69) is 22.6 Å². The Bertz CT molecular complexity index is 415. The van der Waals surface area contributed by atoms with Gasteiger partial charge in [0.15, 0.2) is 17.9 Å². The molecule has 0 aromatic rings. The molecule has 3 aliphatic heterocycles. The number of fused-ring (bicyclic) bond motifs is 1.